The van der Waals surface area contributed by atoms with E-state index in [1.165, 1.54) is 6.92 Å². The number of anilines is 1. The van der Waals surface area contributed by atoms with E-state index >= 15 is 0 Å². The zero-order valence-electron chi connectivity index (χ0n) is 15.4. The second-order valence-electron chi connectivity index (χ2n) is 6.15. The van der Waals surface area contributed by atoms with Gasteiger partial charge in [-0.2, -0.15) is 0 Å². The number of benzene rings is 2. The Hall–Kier alpha value is -2.66. The molecule has 2 rings (SSSR count). The molecule has 138 valence electrons. The molecule has 26 heavy (non-hydrogen) atoms. The molecule has 2 N–H and O–H groups in total. The highest BCUT2D eigenvalue weighted by molar-refractivity contribution is 5.88. The van der Waals surface area contributed by atoms with Crippen LogP contribution in [0.15, 0.2) is 48.5 Å². The third kappa shape index (κ3) is 6.69. The number of ether oxygens (including phenoxy) is 1. The lowest BCUT2D eigenvalue weighted by Gasteiger charge is -2.11. The van der Waals surface area contributed by atoms with Gasteiger partial charge >= 0.3 is 0 Å². The Labute approximate surface area is 154 Å². The van der Waals surface area contributed by atoms with Gasteiger partial charge in [0.2, 0.25) is 11.8 Å². The molecule has 0 saturated heterocycles. The van der Waals surface area contributed by atoms with Gasteiger partial charge in [0.1, 0.15) is 0 Å². The molecular formula is C21H26N2O3. The van der Waals surface area contributed by atoms with Crippen LogP contribution in [0, 0.1) is 0 Å². The molecular weight excluding hydrogens is 328 g/mol. The van der Waals surface area contributed by atoms with Crippen molar-refractivity contribution < 1.29 is 14.3 Å². The molecule has 2 aromatic carbocycles. The summed E-state index contributed by atoms with van der Waals surface area (Å²) in [5.41, 5.74) is 3.79. The van der Waals surface area contributed by atoms with Crippen LogP contribution in [0.1, 0.15) is 37.0 Å². The van der Waals surface area contributed by atoms with Crippen molar-refractivity contribution in [3.63, 3.8) is 0 Å². The van der Waals surface area contributed by atoms with Crippen LogP contribution in [0.3, 0.4) is 0 Å². The van der Waals surface area contributed by atoms with Crippen molar-refractivity contribution in [3.8, 4) is 0 Å². The van der Waals surface area contributed by atoms with E-state index in [1.54, 1.807) is 12.1 Å². The minimum Gasteiger partial charge on any atom is -0.377 e. The van der Waals surface area contributed by atoms with E-state index in [9.17, 15) is 9.59 Å². The highest BCUT2D eigenvalue weighted by Crippen LogP contribution is 2.12. The molecule has 0 aromatic heterocycles. The summed E-state index contributed by atoms with van der Waals surface area (Å²) in [6, 6.07) is 15.3. The Morgan fingerprint density at radius 1 is 1.00 bits per heavy atom. The first-order valence-corrected chi connectivity index (χ1v) is 8.86. The quantitative estimate of drug-likeness (QED) is 0.678. The third-order valence-corrected chi connectivity index (χ3v) is 3.84. The highest BCUT2D eigenvalue weighted by atomic mass is 16.5. The van der Waals surface area contributed by atoms with Crippen molar-refractivity contribution in [2.45, 2.75) is 39.8 Å². The van der Waals surface area contributed by atoms with Crippen molar-refractivity contribution in [1.29, 1.82) is 0 Å². The maximum Gasteiger partial charge on any atom is 0.224 e. The average Bonchev–Trinajstić information content (AvgIpc) is 2.62. The van der Waals surface area contributed by atoms with E-state index < -0.39 is 0 Å². The number of hydrogen-bond acceptors (Lipinski definition) is 3. The number of rotatable bonds is 9. The van der Waals surface area contributed by atoms with Gasteiger partial charge in [0, 0.05) is 25.8 Å². The number of nitrogens with one attached hydrogen (secondary N) is 2. The molecule has 2 aromatic rings. The maximum absolute atomic E-state index is 12.2. The summed E-state index contributed by atoms with van der Waals surface area (Å²) in [4.78, 5) is 23.2. The fourth-order valence-corrected chi connectivity index (χ4v) is 2.55. The van der Waals surface area contributed by atoms with Crippen LogP contribution in [-0.4, -0.2) is 18.4 Å². The van der Waals surface area contributed by atoms with Crippen molar-refractivity contribution >= 4 is 17.5 Å². The smallest absolute Gasteiger partial charge is 0.224 e. The van der Waals surface area contributed by atoms with Crippen LogP contribution in [0.4, 0.5) is 5.69 Å². The summed E-state index contributed by atoms with van der Waals surface area (Å²) < 4.78 is 5.61. The van der Waals surface area contributed by atoms with Gasteiger partial charge in [0.25, 0.3) is 0 Å². The van der Waals surface area contributed by atoms with Gasteiger partial charge < -0.3 is 15.4 Å². The fourth-order valence-electron chi connectivity index (χ4n) is 2.55. The number of hydrogen-bond donors (Lipinski definition) is 2. The molecule has 0 heterocycles. The van der Waals surface area contributed by atoms with E-state index in [1.807, 2.05) is 36.4 Å². The first-order valence-electron chi connectivity index (χ1n) is 8.86. The lowest BCUT2D eigenvalue weighted by Crippen LogP contribution is -2.25. The van der Waals surface area contributed by atoms with Crippen LogP contribution < -0.4 is 10.6 Å². The normalized spacial score (nSPS) is 10.4. The molecule has 2 amide bonds. The zero-order valence-corrected chi connectivity index (χ0v) is 15.4. The second kappa shape index (κ2) is 10.4. The largest absolute Gasteiger partial charge is 0.377 e. The molecule has 5 nitrogen and oxygen atoms in total. The first kappa shape index (κ1) is 19.7. The molecule has 0 spiro atoms. The molecule has 5 heteroatoms. The van der Waals surface area contributed by atoms with Crippen LogP contribution in [-0.2, 0) is 33.9 Å². The topological polar surface area (TPSA) is 67.4 Å². The lowest BCUT2D eigenvalue weighted by molar-refractivity contribution is -0.120. The van der Waals surface area contributed by atoms with Gasteiger partial charge in [0.15, 0.2) is 0 Å². The Bertz CT molecular complexity index is 726. The van der Waals surface area contributed by atoms with E-state index in [4.69, 9.17) is 4.74 Å². The number of amides is 2. The van der Waals surface area contributed by atoms with E-state index in [-0.39, 0.29) is 11.8 Å². The zero-order chi connectivity index (χ0) is 18.8. The predicted molar refractivity (Wildman–Crippen MR) is 103 cm³/mol. The van der Waals surface area contributed by atoms with Crippen LogP contribution in [0.2, 0.25) is 0 Å². The van der Waals surface area contributed by atoms with E-state index in [2.05, 4.69) is 17.6 Å². The Kier molecular flexibility index (Phi) is 7.83. The van der Waals surface area contributed by atoms with Crippen molar-refractivity contribution in [2.24, 2.45) is 0 Å². The summed E-state index contributed by atoms with van der Waals surface area (Å²) in [5, 5.41) is 5.67. The van der Waals surface area contributed by atoms with Crippen LogP contribution >= 0.6 is 0 Å². The number of carbonyl (C=O) groups excluding carboxylic acids is 2. The summed E-state index contributed by atoms with van der Waals surface area (Å²) in [6.45, 7) is 5.31. The summed E-state index contributed by atoms with van der Waals surface area (Å²) in [5.74, 6) is -0.154. The standard InChI is InChI=1S/C21H26N2O3/c1-3-12-26-15-19-7-5-4-6-18(19)14-22-21(25)13-17-8-10-20(11-9-17)23-16(2)24/h4-11H,3,12-15H2,1-2H3,(H,22,25)(H,23,24). The molecule has 0 fully saturated rings. The molecule has 0 unspecified atom stereocenters. The summed E-state index contributed by atoms with van der Waals surface area (Å²) >= 11 is 0. The van der Waals surface area contributed by atoms with Crippen molar-refractivity contribution in [2.75, 3.05) is 11.9 Å². The molecule has 0 radical (unpaired) electrons. The van der Waals surface area contributed by atoms with E-state index in [0.29, 0.717) is 19.6 Å². The summed E-state index contributed by atoms with van der Waals surface area (Å²) in [7, 11) is 0. The van der Waals surface area contributed by atoms with Gasteiger partial charge in [-0.05, 0) is 35.2 Å². The van der Waals surface area contributed by atoms with Crippen LogP contribution in [0.5, 0.6) is 0 Å². The lowest BCUT2D eigenvalue weighted by atomic mass is 10.1. The van der Waals surface area contributed by atoms with Gasteiger partial charge in [-0.3, -0.25) is 9.59 Å². The average molecular weight is 354 g/mol. The maximum atomic E-state index is 12.2. The molecule has 0 aliphatic carbocycles. The molecule has 0 aliphatic rings. The molecule has 0 saturated carbocycles. The first-order chi connectivity index (χ1) is 12.6. The van der Waals surface area contributed by atoms with Crippen molar-refractivity contribution in [1.82, 2.24) is 5.32 Å². The van der Waals surface area contributed by atoms with Gasteiger partial charge in [-0.25, -0.2) is 0 Å². The van der Waals surface area contributed by atoms with E-state index in [0.717, 1.165) is 35.4 Å². The van der Waals surface area contributed by atoms with Gasteiger partial charge in [0.05, 0.1) is 13.0 Å². The number of carbonyl (C=O) groups is 2. The van der Waals surface area contributed by atoms with Crippen molar-refractivity contribution in [3.05, 3.63) is 65.2 Å². The molecule has 0 aliphatic heterocycles. The third-order valence-electron chi connectivity index (χ3n) is 3.84. The Morgan fingerprint density at radius 3 is 2.35 bits per heavy atom. The SMILES string of the molecule is CCCOCc1ccccc1CNC(=O)Cc1ccc(NC(C)=O)cc1. The molecule has 0 bridgehead atoms. The summed E-state index contributed by atoms with van der Waals surface area (Å²) in [6.07, 6.45) is 1.29. The minimum absolute atomic E-state index is 0.0402. The minimum atomic E-state index is -0.114. The Balaban J connectivity index is 1.86. The van der Waals surface area contributed by atoms with Crippen LogP contribution in [0.25, 0.3) is 0 Å². The van der Waals surface area contributed by atoms with Gasteiger partial charge in [-0.1, -0.05) is 43.3 Å². The predicted octanol–water partition coefficient (Wildman–Crippen LogP) is 3.43. The Morgan fingerprint density at radius 2 is 1.69 bits per heavy atom. The second-order valence-corrected chi connectivity index (χ2v) is 6.15. The fraction of sp³-hybridized carbons (Fsp3) is 0.333. The highest BCUT2D eigenvalue weighted by Gasteiger charge is 2.07. The monoisotopic (exact) mass is 354 g/mol. The van der Waals surface area contributed by atoms with Gasteiger partial charge in [-0.15, -0.1) is 0 Å². The molecule has 0 atom stereocenters.